The van der Waals surface area contributed by atoms with E-state index in [4.69, 9.17) is 10.00 Å². The molecule has 2 aromatic carbocycles. The van der Waals surface area contributed by atoms with E-state index >= 15 is 0 Å². The van der Waals surface area contributed by atoms with E-state index in [1.165, 1.54) is 0 Å². The van der Waals surface area contributed by atoms with E-state index < -0.39 is 0 Å². The fourth-order valence-corrected chi connectivity index (χ4v) is 2.38. The van der Waals surface area contributed by atoms with Gasteiger partial charge in [-0.3, -0.25) is 4.79 Å². The normalized spacial score (nSPS) is 10.3. The highest BCUT2D eigenvalue weighted by molar-refractivity contribution is 5.87. The summed E-state index contributed by atoms with van der Waals surface area (Å²) in [6, 6.07) is 17.0. The van der Waals surface area contributed by atoms with E-state index in [1.807, 2.05) is 36.5 Å². The number of H-pyrrole nitrogens is 1. The fraction of sp³-hybridized carbons (Fsp3) is 0.111. The second-order valence-electron chi connectivity index (χ2n) is 5.01. The lowest BCUT2D eigenvalue weighted by Gasteiger charge is -2.05. The number of carbonyl (C=O) groups is 1. The van der Waals surface area contributed by atoms with E-state index in [1.54, 1.807) is 18.2 Å². The molecule has 3 aromatic rings. The molecule has 4 nitrogen and oxygen atoms in total. The minimum absolute atomic E-state index is 0.177. The number of ether oxygens (including phenoxy) is 1. The molecule has 0 aliphatic rings. The molecule has 0 unspecified atom stereocenters. The average Bonchev–Trinajstić information content (AvgIpc) is 2.96. The van der Waals surface area contributed by atoms with Gasteiger partial charge in [-0.1, -0.05) is 30.3 Å². The van der Waals surface area contributed by atoms with Gasteiger partial charge in [0.2, 0.25) is 0 Å². The fourth-order valence-electron chi connectivity index (χ4n) is 2.38. The zero-order valence-electron chi connectivity index (χ0n) is 11.9. The second kappa shape index (κ2) is 6.15. The molecule has 0 bridgehead atoms. The summed E-state index contributed by atoms with van der Waals surface area (Å²) in [7, 11) is 0. The number of nitrogens with one attached hydrogen (secondary N) is 1. The molecular formula is C18H14N2O2. The minimum atomic E-state index is -0.285. The summed E-state index contributed by atoms with van der Waals surface area (Å²) >= 11 is 0. The first kappa shape index (κ1) is 13.9. The largest absolute Gasteiger partial charge is 0.461 e. The number of carbonyl (C=O) groups excluding carboxylic acids is 1. The molecule has 4 heteroatoms. The summed E-state index contributed by atoms with van der Waals surface area (Å²) in [6.07, 6.45) is 2.06. The first-order valence-electron chi connectivity index (χ1n) is 6.96. The highest BCUT2D eigenvalue weighted by Gasteiger charge is 2.10. The number of nitrogens with zero attached hydrogens (tertiary/aromatic N) is 1. The predicted octanol–water partition coefficient (Wildman–Crippen LogP) is 3.33. The lowest BCUT2D eigenvalue weighted by Crippen LogP contribution is -2.07. The molecule has 1 N–H and O–H groups in total. The SMILES string of the molecule is N#Cc1cccc(COC(=O)Cc2c[nH]c3ccccc23)c1. The van der Waals surface area contributed by atoms with E-state index in [0.29, 0.717) is 5.56 Å². The maximum atomic E-state index is 12.0. The van der Waals surface area contributed by atoms with Crippen molar-refractivity contribution in [2.24, 2.45) is 0 Å². The van der Waals surface area contributed by atoms with Gasteiger partial charge in [-0.2, -0.15) is 5.26 Å². The van der Waals surface area contributed by atoms with Crippen LogP contribution in [0.3, 0.4) is 0 Å². The van der Waals surface area contributed by atoms with Gasteiger partial charge in [-0.25, -0.2) is 0 Å². The van der Waals surface area contributed by atoms with Gasteiger partial charge in [-0.15, -0.1) is 0 Å². The third-order valence-corrected chi connectivity index (χ3v) is 3.47. The van der Waals surface area contributed by atoms with Gasteiger partial charge in [0.15, 0.2) is 0 Å². The topological polar surface area (TPSA) is 65.9 Å². The maximum absolute atomic E-state index is 12.0. The number of hydrogen-bond acceptors (Lipinski definition) is 3. The lowest BCUT2D eigenvalue weighted by atomic mass is 10.1. The average molecular weight is 290 g/mol. The highest BCUT2D eigenvalue weighted by Crippen LogP contribution is 2.18. The van der Waals surface area contributed by atoms with Gasteiger partial charge in [-0.05, 0) is 29.3 Å². The van der Waals surface area contributed by atoms with Crippen LogP contribution in [0.25, 0.3) is 10.9 Å². The van der Waals surface area contributed by atoms with E-state index in [2.05, 4.69) is 11.1 Å². The van der Waals surface area contributed by atoms with E-state index in [9.17, 15) is 4.79 Å². The summed E-state index contributed by atoms with van der Waals surface area (Å²) in [4.78, 5) is 15.1. The Morgan fingerprint density at radius 1 is 1.18 bits per heavy atom. The molecule has 0 saturated heterocycles. The number of para-hydroxylation sites is 1. The third kappa shape index (κ3) is 2.99. The van der Waals surface area contributed by atoms with Gasteiger partial charge in [0.1, 0.15) is 6.61 Å². The zero-order chi connectivity index (χ0) is 15.4. The Morgan fingerprint density at radius 3 is 2.91 bits per heavy atom. The Kier molecular flexibility index (Phi) is 3.88. The molecular weight excluding hydrogens is 276 g/mol. The Hall–Kier alpha value is -3.06. The molecule has 1 heterocycles. The first-order chi connectivity index (χ1) is 10.8. The van der Waals surface area contributed by atoms with Gasteiger partial charge >= 0.3 is 5.97 Å². The van der Waals surface area contributed by atoms with Crippen LogP contribution in [0.1, 0.15) is 16.7 Å². The number of rotatable bonds is 4. The highest BCUT2D eigenvalue weighted by atomic mass is 16.5. The molecule has 0 atom stereocenters. The van der Waals surface area contributed by atoms with Crippen molar-refractivity contribution >= 4 is 16.9 Å². The molecule has 108 valence electrons. The molecule has 0 spiro atoms. The number of aromatic nitrogens is 1. The standard InChI is InChI=1S/C18H14N2O2/c19-10-13-4-3-5-14(8-13)12-22-18(21)9-15-11-20-17-7-2-1-6-16(15)17/h1-8,11,20H,9,12H2. The first-order valence-corrected chi connectivity index (χ1v) is 6.96. The van der Waals surface area contributed by atoms with Gasteiger partial charge < -0.3 is 9.72 Å². The molecule has 0 aliphatic heterocycles. The smallest absolute Gasteiger partial charge is 0.310 e. The summed E-state index contributed by atoms with van der Waals surface area (Å²) in [5, 5.41) is 9.88. The molecule has 3 rings (SSSR count). The van der Waals surface area contributed by atoms with Crippen LogP contribution in [0.5, 0.6) is 0 Å². The van der Waals surface area contributed by atoms with Gasteiger partial charge in [0.25, 0.3) is 0 Å². The monoisotopic (exact) mass is 290 g/mol. The molecule has 22 heavy (non-hydrogen) atoms. The number of fused-ring (bicyclic) bond motifs is 1. The van der Waals surface area contributed by atoms with Crippen LogP contribution >= 0.6 is 0 Å². The van der Waals surface area contributed by atoms with Crippen LogP contribution in [-0.4, -0.2) is 11.0 Å². The number of hydrogen-bond donors (Lipinski definition) is 1. The summed E-state index contributed by atoms with van der Waals surface area (Å²) < 4.78 is 5.29. The zero-order valence-corrected chi connectivity index (χ0v) is 11.9. The molecule has 0 aliphatic carbocycles. The minimum Gasteiger partial charge on any atom is -0.461 e. The number of nitriles is 1. The molecule has 0 saturated carbocycles. The predicted molar refractivity (Wildman–Crippen MR) is 83.0 cm³/mol. The summed E-state index contributed by atoms with van der Waals surface area (Å²) in [5.41, 5.74) is 3.30. The Morgan fingerprint density at radius 2 is 2.05 bits per heavy atom. The van der Waals surface area contributed by atoms with Crippen molar-refractivity contribution in [1.29, 1.82) is 5.26 Å². The van der Waals surface area contributed by atoms with Crippen LogP contribution in [0.4, 0.5) is 0 Å². The Bertz CT molecular complexity index is 859. The Balaban J connectivity index is 1.64. The molecule has 1 aromatic heterocycles. The van der Waals surface area contributed by atoms with Crippen molar-refractivity contribution in [3.63, 3.8) is 0 Å². The van der Waals surface area contributed by atoms with Crippen molar-refractivity contribution in [1.82, 2.24) is 4.98 Å². The lowest BCUT2D eigenvalue weighted by molar-refractivity contribution is -0.144. The third-order valence-electron chi connectivity index (χ3n) is 3.47. The summed E-state index contributed by atoms with van der Waals surface area (Å²) in [6.45, 7) is 0.177. The second-order valence-corrected chi connectivity index (χ2v) is 5.01. The van der Waals surface area contributed by atoms with Crippen LogP contribution in [0, 0.1) is 11.3 Å². The maximum Gasteiger partial charge on any atom is 0.310 e. The molecule has 0 amide bonds. The van der Waals surface area contributed by atoms with Gasteiger partial charge in [0, 0.05) is 17.1 Å². The van der Waals surface area contributed by atoms with E-state index in [0.717, 1.165) is 22.0 Å². The quantitative estimate of drug-likeness (QED) is 0.749. The number of esters is 1. The van der Waals surface area contributed by atoms with E-state index in [-0.39, 0.29) is 19.0 Å². The van der Waals surface area contributed by atoms with Crippen LogP contribution in [0.2, 0.25) is 0 Å². The number of aromatic amines is 1. The molecule has 0 radical (unpaired) electrons. The Labute approximate surface area is 128 Å². The van der Waals surface area contributed by atoms with Crippen molar-refractivity contribution < 1.29 is 9.53 Å². The van der Waals surface area contributed by atoms with Gasteiger partial charge in [0.05, 0.1) is 18.1 Å². The van der Waals surface area contributed by atoms with Crippen molar-refractivity contribution in [2.75, 3.05) is 0 Å². The van der Waals surface area contributed by atoms with Crippen molar-refractivity contribution in [2.45, 2.75) is 13.0 Å². The van der Waals surface area contributed by atoms with Crippen LogP contribution in [-0.2, 0) is 22.6 Å². The van der Waals surface area contributed by atoms with Crippen molar-refractivity contribution in [3.05, 3.63) is 71.4 Å². The van der Waals surface area contributed by atoms with Crippen LogP contribution in [0.15, 0.2) is 54.7 Å². The van der Waals surface area contributed by atoms with Crippen molar-refractivity contribution in [3.8, 4) is 6.07 Å². The number of benzene rings is 2. The molecule has 0 fully saturated rings. The van der Waals surface area contributed by atoms with Crippen LogP contribution < -0.4 is 0 Å². The summed E-state index contributed by atoms with van der Waals surface area (Å²) in [5.74, 6) is -0.285.